The van der Waals surface area contributed by atoms with Crippen LogP contribution in [0.25, 0.3) is 0 Å². The van der Waals surface area contributed by atoms with Gasteiger partial charge in [0.05, 0.1) is 13.0 Å². The number of nitrogens with one attached hydrogen (secondary N) is 1. The number of esters is 1. The molecular weight excluding hydrogens is 182 g/mol. The number of H-pyrrole nitrogens is 1. The van der Waals surface area contributed by atoms with Gasteiger partial charge >= 0.3 is 5.97 Å². The molecule has 0 aromatic carbocycles. The van der Waals surface area contributed by atoms with Gasteiger partial charge in [-0.25, -0.2) is 0 Å². The second kappa shape index (κ2) is 4.60. The minimum absolute atomic E-state index is 0.0326. The molecule has 0 fully saturated rings. The third-order valence-corrected chi connectivity index (χ3v) is 1.76. The van der Waals surface area contributed by atoms with E-state index in [0.29, 0.717) is 12.2 Å². The van der Waals surface area contributed by atoms with E-state index >= 15 is 0 Å². The number of aromatic amines is 1. The zero-order valence-corrected chi connectivity index (χ0v) is 8.29. The van der Waals surface area contributed by atoms with Crippen LogP contribution in [0.15, 0.2) is 17.1 Å². The Kier molecular flexibility index (Phi) is 3.45. The molecule has 0 spiro atoms. The molecule has 0 bridgehead atoms. The Labute approximate surface area is 81.9 Å². The van der Waals surface area contributed by atoms with Crippen molar-refractivity contribution in [3.8, 4) is 0 Å². The number of ether oxygens (including phenoxy) is 1. The summed E-state index contributed by atoms with van der Waals surface area (Å²) in [6.45, 7) is 3.92. The maximum Gasteiger partial charge on any atom is 0.310 e. The van der Waals surface area contributed by atoms with Gasteiger partial charge in [-0.1, -0.05) is 0 Å². The van der Waals surface area contributed by atoms with E-state index in [1.54, 1.807) is 19.2 Å². The molecule has 1 aromatic rings. The molecule has 0 aliphatic carbocycles. The summed E-state index contributed by atoms with van der Waals surface area (Å²) >= 11 is 0. The van der Waals surface area contributed by atoms with E-state index in [1.807, 2.05) is 6.92 Å². The molecule has 0 saturated carbocycles. The highest BCUT2D eigenvalue weighted by Gasteiger charge is 2.07. The number of carbonyl (C=O) groups excluding carboxylic acids is 1. The van der Waals surface area contributed by atoms with Crippen LogP contribution in [0.5, 0.6) is 0 Å². The van der Waals surface area contributed by atoms with Gasteiger partial charge in [-0.3, -0.25) is 9.59 Å². The molecular formula is C10H13NO3. The van der Waals surface area contributed by atoms with Gasteiger partial charge in [-0.2, -0.15) is 0 Å². The Bertz CT molecular complexity index is 381. The van der Waals surface area contributed by atoms with Crippen molar-refractivity contribution in [2.45, 2.75) is 20.3 Å². The van der Waals surface area contributed by atoms with Crippen LogP contribution in [0, 0.1) is 6.92 Å². The Morgan fingerprint density at radius 3 is 2.93 bits per heavy atom. The number of carbonyl (C=O) groups is 1. The molecule has 76 valence electrons. The second-order valence-electron chi connectivity index (χ2n) is 3.01. The first kappa shape index (κ1) is 10.5. The van der Waals surface area contributed by atoms with E-state index in [-0.39, 0.29) is 17.9 Å². The van der Waals surface area contributed by atoms with Gasteiger partial charge in [-0.15, -0.1) is 0 Å². The van der Waals surface area contributed by atoms with E-state index in [1.165, 1.54) is 0 Å². The van der Waals surface area contributed by atoms with Crippen molar-refractivity contribution < 1.29 is 9.53 Å². The van der Waals surface area contributed by atoms with Crippen molar-refractivity contribution in [2.75, 3.05) is 6.61 Å². The number of hydrogen-bond donors (Lipinski definition) is 1. The lowest BCUT2D eigenvalue weighted by atomic mass is 10.1. The Morgan fingerprint density at radius 1 is 1.57 bits per heavy atom. The lowest BCUT2D eigenvalue weighted by Crippen LogP contribution is -2.17. The average Bonchev–Trinajstić information content (AvgIpc) is 2.12. The molecule has 0 unspecified atom stereocenters. The summed E-state index contributed by atoms with van der Waals surface area (Å²) in [6.07, 6.45) is 1.64. The first-order chi connectivity index (χ1) is 6.63. The van der Waals surface area contributed by atoms with Crippen molar-refractivity contribution in [3.05, 3.63) is 33.7 Å². The minimum atomic E-state index is -0.372. The molecule has 1 heterocycles. The van der Waals surface area contributed by atoms with E-state index in [2.05, 4.69) is 4.98 Å². The summed E-state index contributed by atoms with van der Waals surface area (Å²) in [4.78, 5) is 24.9. The van der Waals surface area contributed by atoms with Crippen LogP contribution in [-0.2, 0) is 16.0 Å². The average molecular weight is 195 g/mol. The smallest absolute Gasteiger partial charge is 0.310 e. The summed E-state index contributed by atoms with van der Waals surface area (Å²) < 4.78 is 4.75. The number of rotatable bonds is 3. The van der Waals surface area contributed by atoms with Crippen molar-refractivity contribution >= 4 is 5.97 Å². The number of aromatic nitrogens is 1. The van der Waals surface area contributed by atoms with Crippen LogP contribution in [-0.4, -0.2) is 17.6 Å². The summed E-state index contributed by atoms with van der Waals surface area (Å²) in [5, 5.41) is 0. The normalized spacial score (nSPS) is 9.86. The van der Waals surface area contributed by atoms with E-state index in [4.69, 9.17) is 4.74 Å². The van der Waals surface area contributed by atoms with E-state index in [0.717, 1.165) is 5.56 Å². The van der Waals surface area contributed by atoms with Gasteiger partial charge in [-0.05, 0) is 25.5 Å². The lowest BCUT2D eigenvalue weighted by Gasteiger charge is -2.01. The fourth-order valence-corrected chi connectivity index (χ4v) is 1.15. The molecule has 1 aromatic heterocycles. The Balaban J connectivity index is 2.81. The number of aryl methyl sites for hydroxylation is 1. The SMILES string of the molecule is CCOC(=O)Cc1cc(C)c[nH]c1=O. The molecule has 0 atom stereocenters. The van der Waals surface area contributed by atoms with Gasteiger partial charge in [0.25, 0.3) is 5.56 Å². The zero-order chi connectivity index (χ0) is 10.6. The highest BCUT2D eigenvalue weighted by molar-refractivity contribution is 5.72. The van der Waals surface area contributed by atoms with Crippen molar-refractivity contribution in [3.63, 3.8) is 0 Å². The van der Waals surface area contributed by atoms with Crippen LogP contribution in [0.3, 0.4) is 0 Å². The van der Waals surface area contributed by atoms with Crippen LogP contribution in [0.1, 0.15) is 18.1 Å². The van der Waals surface area contributed by atoms with Crippen molar-refractivity contribution in [1.29, 1.82) is 0 Å². The van der Waals surface area contributed by atoms with Crippen molar-refractivity contribution in [1.82, 2.24) is 4.98 Å². The molecule has 14 heavy (non-hydrogen) atoms. The molecule has 0 saturated heterocycles. The Morgan fingerprint density at radius 2 is 2.29 bits per heavy atom. The van der Waals surface area contributed by atoms with Crippen LogP contribution in [0.2, 0.25) is 0 Å². The third kappa shape index (κ3) is 2.73. The Hall–Kier alpha value is -1.58. The minimum Gasteiger partial charge on any atom is -0.466 e. The first-order valence-corrected chi connectivity index (χ1v) is 4.47. The van der Waals surface area contributed by atoms with Crippen LogP contribution >= 0.6 is 0 Å². The van der Waals surface area contributed by atoms with Crippen LogP contribution in [0.4, 0.5) is 0 Å². The van der Waals surface area contributed by atoms with Gasteiger partial charge < -0.3 is 9.72 Å². The topological polar surface area (TPSA) is 59.2 Å². The van der Waals surface area contributed by atoms with Gasteiger partial charge in [0.1, 0.15) is 0 Å². The fourth-order valence-electron chi connectivity index (χ4n) is 1.15. The maximum absolute atomic E-state index is 11.2. The molecule has 0 amide bonds. The van der Waals surface area contributed by atoms with Crippen LogP contribution < -0.4 is 5.56 Å². The summed E-state index contributed by atoms with van der Waals surface area (Å²) in [5.74, 6) is -0.372. The standard InChI is InChI=1S/C10H13NO3/c1-3-14-9(12)5-8-4-7(2)6-11-10(8)13/h4,6H,3,5H2,1-2H3,(H,11,13). The third-order valence-electron chi connectivity index (χ3n) is 1.76. The number of pyridine rings is 1. The van der Waals surface area contributed by atoms with Gasteiger partial charge in [0.15, 0.2) is 0 Å². The molecule has 0 radical (unpaired) electrons. The summed E-state index contributed by atoms with van der Waals surface area (Å²) in [6, 6.07) is 1.69. The monoisotopic (exact) mass is 195 g/mol. The largest absolute Gasteiger partial charge is 0.466 e. The summed E-state index contributed by atoms with van der Waals surface area (Å²) in [5.41, 5.74) is 1.14. The predicted octanol–water partition coefficient (Wildman–Crippen LogP) is 0.789. The fraction of sp³-hybridized carbons (Fsp3) is 0.400. The molecule has 0 aliphatic rings. The summed E-state index contributed by atoms with van der Waals surface area (Å²) in [7, 11) is 0. The highest BCUT2D eigenvalue weighted by atomic mass is 16.5. The second-order valence-corrected chi connectivity index (χ2v) is 3.01. The molecule has 4 nitrogen and oxygen atoms in total. The maximum atomic E-state index is 11.2. The zero-order valence-electron chi connectivity index (χ0n) is 8.29. The predicted molar refractivity (Wildman–Crippen MR) is 52.1 cm³/mol. The quantitative estimate of drug-likeness (QED) is 0.725. The molecule has 1 N–H and O–H groups in total. The van der Waals surface area contributed by atoms with Crippen molar-refractivity contribution in [2.24, 2.45) is 0 Å². The lowest BCUT2D eigenvalue weighted by molar-refractivity contribution is -0.142. The highest BCUT2D eigenvalue weighted by Crippen LogP contribution is 1.98. The molecule has 4 heteroatoms. The van der Waals surface area contributed by atoms with E-state index in [9.17, 15) is 9.59 Å². The molecule has 1 rings (SSSR count). The van der Waals surface area contributed by atoms with Gasteiger partial charge in [0.2, 0.25) is 0 Å². The number of hydrogen-bond acceptors (Lipinski definition) is 3. The van der Waals surface area contributed by atoms with E-state index < -0.39 is 0 Å². The van der Waals surface area contributed by atoms with Gasteiger partial charge in [0, 0.05) is 11.8 Å². The first-order valence-electron chi connectivity index (χ1n) is 4.47. The molecule has 0 aliphatic heterocycles.